The van der Waals surface area contributed by atoms with E-state index in [1.165, 1.54) is 18.5 Å². The SMILES string of the molecule is CCOc1ccc(CCNC(=O)CCc2nc(-c3ccc(N4CCCC4)cc3)no2)cc1OCC. The van der Waals surface area contributed by atoms with Gasteiger partial charge in [0.1, 0.15) is 0 Å². The summed E-state index contributed by atoms with van der Waals surface area (Å²) < 4.78 is 16.6. The molecule has 1 N–H and O–H groups in total. The van der Waals surface area contributed by atoms with Crippen molar-refractivity contribution in [3.63, 3.8) is 0 Å². The molecule has 0 saturated carbocycles. The highest BCUT2D eigenvalue weighted by Gasteiger charge is 2.14. The van der Waals surface area contributed by atoms with Gasteiger partial charge in [-0.1, -0.05) is 11.2 Å². The van der Waals surface area contributed by atoms with Crippen molar-refractivity contribution in [2.75, 3.05) is 37.7 Å². The van der Waals surface area contributed by atoms with E-state index in [4.69, 9.17) is 14.0 Å². The maximum absolute atomic E-state index is 12.3. The minimum absolute atomic E-state index is 0.0457. The summed E-state index contributed by atoms with van der Waals surface area (Å²) in [7, 11) is 0. The predicted molar refractivity (Wildman–Crippen MR) is 135 cm³/mol. The van der Waals surface area contributed by atoms with Gasteiger partial charge in [0.05, 0.1) is 13.2 Å². The number of carbonyl (C=O) groups is 1. The zero-order chi connectivity index (χ0) is 24.5. The number of carbonyl (C=O) groups excluding carboxylic acids is 1. The molecule has 2 heterocycles. The van der Waals surface area contributed by atoms with Gasteiger partial charge in [-0.2, -0.15) is 4.98 Å². The van der Waals surface area contributed by atoms with Crippen LogP contribution in [0.1, 0.15) is 44.6 Å². The third kappa shape index (κ3) is 6.74. The van der Waals surface area contributed by atoms with E-state index in [1.807, 2.05) is 44.2 Å². The monoisotopic (exact) mass is 478 g/mol. The fraction of sp³-hybridized carbons (Fsp3) is 0.444. The van der Waals surface area contributed by atoms with Gasteiger partial charge in [0.15, 0.2) is 11.5 Å². The van der Waals surface area contributed by atoms with Crippen molar-refractivity contribution >= 4 is 11.6 Å². The number of hydrogen-bond acceptors (Lipinski definition) is 7. The van der Waals surface area contributed by atoms with E-state index in [2.05, 4.69) is 32.5 Å². The van der Waals surface area contributed by atoms with Crippen molar-refractivity contribution < 1.29 is 18.8 Å². The minimum atomic E-state index is -0.0457. The van der Waals surface area contributed by atoms with E-state index >= 15 is 0 Å². The second kappa shape index (κ2) is 12.2. The number of aryl methyl sites for hydroxylation is 1. The third-order valence-corrected chi connectivity index (χ3v) is 5.97. The molecule has 0 unspecified atom stereocenters. The Morgan fingerprint density at radius 3 is 2.49 bits per heavy atom. The second-order valence-corrected chi connectivity index (χ2v) is 8.50. The summed E-state index contributed by atoms with van der Waals surface area (Å²) in [4.78, 5) is 19.2. The van der Waals surface area contributed by atoms with Gasteiger partial charge < -0.3 is 24.2 Å². The van der Waals surface area contributed by atoms with Crippen LogP contribution in [0.2, 0.25) is 0 Å². The molecule has 1 saturated heterocycles. The molecule has 4 rings (SSSR count). The molecule has 186 valence electrons. The average molecular weight is 479 g/mol. The zero-order valence-electron chi connectivity index (χ0n) is 20.6. The van der Waals surface area contributed by atoms with Gasteiger partial charge in [-0.25, -0.2) is 0 Å². The van der Waals surface area contributed by atoms with Gasteiger partial charge in [-0.05, 0) is 75.1 Å². The summed E-state index contributed by atoms with van der Waals surface area (Å²) in [6, 6.07) is 14.1. The fourth-order valence-electron chi connectivity index (χ4n) is 4.18. The Kier molecular flexibility index (Phi) is 8.59. The van der Waals surface area contributed by atoms with Crippen molar-refractivity contribution in [1.29, 1.82) is 0 Å². The van der Waals surface area contributed by atoms with Crippen LogP contribution in [0.3, 0.4) is 0 Å². The van der Waals surface area contributed by atoms with E-state index in [-0.39, 0.29) is 5.91 Å². The average Bonchev–Trinajstić information content (AvgIpc) is 3.58. The standard InChI is InChI=1S/C27H34N4O4/c1-3-33-23-12-7-20(19-24(23)34-4-2)15-16-28-25(32)13-14-26-29-27(30-35-26)21-8-10-22(11-9-21)31-17-5-6-18-31/h7-12,19H,3-6,13-18H2,1-2H3,(H,28,32). The van der Waals surface area contributed by atoms with Gasteiger partial charge in [-0.3, -0.25) is 4.79 Å². The normalized spacial score (nSPS) is 13.1. The Morgan fingerprint density at radius 1 is 1.00 bits per heavy atom. The van der Waals surface area contributed by atoms with Gasteiger partial charge in [0.2, 0.25) is 17.6 Å². The van der Waals surface area contributed by atoms with Crippen LogP contribution in [0.25, 0.3) is 11.4 Å². The Bertz CT molecular complexity index is 1090. The molecular weight excluding hydrogens is 444 g/mol. The van der Waals surface area contributed by atoms with Gasteiger partial charge >= 0.3 is 0 Å². The molecule has 1 amide bonds. The molecule has 1 aliphatic heterocycles. The van der Waals surface area contributed by atoms with Crippen LogP contribution in [0, 0.1) is 0 Å². The van der Waals surface area contributed by atoms with Gasteiger partial charge in [0.25, 0.3) is 0 Å². The number of aromatic nitrogens is 2. The van der Waals surface area contributed by atoms with Crippen LogP contribution in [0.15, 0.2) is 47.0 Å². The highest BCUT2D eigenvalue weighted by Crippen LogP contribution is 2.28. The predicted octanol–water partition coefficient (Wildman–Crippen LogP) is 4.43. The van der Waals surface area contributed by atoms with E-state index in [0.29, 0.717) is 50.7 Å². The summed E-state index contributed by atoms with van der Waals surface area (Å²) in [5.74, 6) is 2.44. The lowest BCUT2D eigenvalue weighted by Crippen LogP contribution is -2.25. The largest absolute Gasteiger partial charge is 0.490 e. The Hall–Kier alpha value is -3.55. The Labute approximate surface area is 206 Å². The number of anilines is 1. The maximum Gasteiger partial charge on any atom is 0.227 e. The smallest absolute Gasteiger partial charge is 0.227 e. The van der Waals surface area contributed by atoms with Crippen molar-refractivity contribution in [2.45, 2.75) is 46.0 Å². The van der Waals surface area contributed by atoms with Crippen molar-refractivity contribution in [3.05, 3.63) is 53.9 Å². The van der Waals surface area contributed by atoms with Crippen LogP contribution in [0.4, 0.5) is 5.69 Å². The molecule has 0 aliphatic carbocycles. The van der Waals surface area contributed by atoms with E-state index < -0.39 is 0 Å². The molecule has 1 aromatic heterocycles. The lowest BCUT2D eigenvalue weighted by molar-refractivity contribution is -0.121. The number of nitrogens with one attached hydrogen (secondary N) is 1. The summed E-state index contributed by atoms with van der Waals surface area (Å²) in [5, 5.41) is 7.04. The Morgan fingerprint density at radius 2 is 1.74 bits per heavy atom. The molecule has 1 aliphatic rings. The number of ether oxygens (including phenoxy) is 2. The zero-order valence-corrected chi connectivity index (χ0v) is 20.6. The van der Waals surface area contributed by atoms with Crippen molar-refractivity contribution in [3.8, 4) is 22.9 Å². The van der Waals surface area contributed by atoms with Crippen molar-refractivity contribution in [1.82, 2.24) is 15.5 Å². The van der Waals surface area contributed by atoms with E-state index in [9.17, 15) is 4.79 Å². The lowest BCUT2D eigenvalue weighted by atomic mass is 10.1. The first-order valence-corrected chi connectivity index (χ1v) is 12.5. The number of nitrogens with zero attached hydrogens (tertiary/aromatic N) is 3. The first-order valence-electron chi connectivity index (χ1n) is 12.5. The summed E-state index contributed by atoms with van der Waals surface area (Å²) >= 11 is 0. The van der Waals surface area contributed by atoms with E-state index in [1.54, 1.807) is 0 Å². The molecule has 0 bridgehead atoms. The second-order valence-electron chi connectivity index (χ2n) is 8.50. The number of hydrogen-bond donors (Lipinski definition) is 1. The van der Waals surface area contributed by atoms with Crippen LogP contribution < -0.4 is 19.7 Å². The van der Waals surface area contributed by atoms with Crippen LogP contribution in [-0.4, -0.2) is 48.9 Å². The van der Waals surface area contributed by atoms with E-state index in [0.717, 1.165) is 35.7 Å². The summed E-state index contributed by atoms with van der Waals surface area (Å²) in [6.07, 6.45) is 3.90. The maximum atomic E-state index is 12.3. The molecule has 8 nitrogen and oxygen atoms in total. The van der Waals surface area contributed by atoms with Gasteiger partial charge in [0, 0.05) is 43.7 Å². The highest BCUT2D eigenvalue weighted by molar-refractivity contribution is 5.76. The molecule has 0 spiro atoms. The van der Waals surface area contributed by atoms with Crippen LogP contribution in [-0.2, 0) is 17.6 Å². The van der Waals surface area contributed by atoms with Crippen molar-refractivity contribution in [2.24, 2.45) is 0 Å². The Balaban J connectivity index is 1.22. The molecular formula is C27H34N4O4. The lowest BCUT2D eigenvalue weighted by Gasteiger charge is -2.17. The third-order valence-electron chi connectivity index (χ3n) is 5.97. The molecule has 35 heavy (non-hydrogen) atoms. The topological polar surface area (TPSA) is 89.7 Å². The number of rotatable bonds is 12. The first-order chi connectivity index (χ1) is 17.2. The summed E-state index contributed by atoms with van der Waals surface area (Å²) in [6.45, 7) is 7.81. The first kappa shape index (κ1) is 24.6. The highest BCUT2D eigenvalue weighted by atomic mass is 16.5. The molecule has 3 aromatic rings. The molecule has 0 atom stereocenters. The molecule has 0 radical (unpaired) electrons. The summed E-state index contributed by atoms with van der Waals surface area (Å²) in [5.41, 5.74) is 3.22. The molecule has 8 heteroatoms. The number of benzene rings is 2. The minimum Gasteiger partial charge on any atom is -0.490 e. The van der Waals surface area contributed by atoms with Crippen LogP contribution >= 0.6 is 0 Å². The van der Waals surface area contributed by atoms with Crippen LogP contribution in [0.5, 0.6) is 11.5 Å². The van der Waals surface area contributed by atoms with Gasteiger partial charge in [-0.15, -0.1) is 0 Å². The molecule has 2 aromatic carbocycles. The number of amides is 1. The fourth-order valence-corrected chi connectivity index (χ4v) is 4.18. The quantitative estimate of drug-likeness (QED) is 0.412. The molecule has 1 fully saturated rings.